The number of benzene rings is 1. The summed E-state index contributed by atoms with van der Waals surface area (Å²) in [5, 5.41) is 0.607. The van der Waals surface area contributed by atoms with Crippen molar-refractivity contribution in [3.63, 3.8) is 0 Å². The van der Waals surface area contributed by atoms with Crippen molar-refractivity contribution in [2.75, 3.05) is 39.2 Å². The van der Waals surface area contributed by atoms with Crippen molar-refractivity contribution in [3.05, 3.63) is 28.8 Å². The maximum absolute atomic E-state index is 12.7. The molecule has 0 radical (unpaired) electrons. The molecule has 0 amide bonds. The van der Waals surface area contributed by atoms with Crippen LogP contribution in [0.5, 0.6) is 5.75 Å². The van der Waals surface area contributed by atoms with Crippen molar-refractivity contribution in [1.29, 1.82) is 0 Å². The molecule has 2 fully saturated rings. The summed E-state index contributed by atoms with van der Waals surface area (Å²) in [5.74, 6) is 0.725. The van der Waals surface area contributed by atoms with Gasteiger partial charge in [-0.15, -0.1) is 0 Å². The predicted molar refractivity (Wildman–Crippen MR) is 105 cm³/mol. The minimum atomic E-state index is -3.45. The number of hydrogen-bond donors (Lipinski definition) is 1. The van der Waals surface area contributed by atoms with E-state index in [1.807, 2.05) is 12.1 Å². The van der Waals surface area contributed by atoms with Crippen LogP contribution < -0.4 is 9.46 Å². The summed E-state index contributed by atoms with van der Waals surface area (Å²) in [7, 11) is -1.83. The van der Waals surface area contributed by atoms with Crippen LogP contribution >= 0.6 is 11.6 Å². The lowest BCUT2D eigenvalue weighted by Gasteiger charge is -2.38. The highest BCUT2D eigenvalue weighted by atomic mass is 35.5. The van der Waals surface area contributed by atoms with E-state index in [-0.39, 0.29) is 11.9 Å². The van der Waals surface area contributed by atoms with Gasteiger partial charge in [-0.1, -0.05) is 11.6 Å². The largest absolute Gasteiger partial charge is 0.496 e. The van der Waals surface area contributed by atoms with Crippen molar-refractivity contribution in [3.8, 4) is 5.75 Å². The second-order valence-corrected chi connectivity index (χ2v) is 9.62. The van der Waals surface area contributed by atoms with Crippen LogP contribution in [0.3, 0.4) is 0 Å². The Labute approximate surface area is 166 Å². The molecule has 1 aromatic rings. The summed E-state index contributed by atoms with van der Waals surface area (Å²) in [4.78, 5) is 0. The molecule has 1 N–H and O–H groups in total. The van der Waals surface area contributed by atoms with Crippen LogP contribution in [0, 0.1) is 0 Å². The van der Waals surface area contributed by atoms with Crippen molar-refractivity contribution >= 4 is 21.6 Å². The average Bonchev–Trinajstić information content (AvgIpc) is 2.68. The van der Waals surface area contributed by atoms with Crippen LogP contribution in [-0.2, 0) is 24.9 Å². The molecule has 0 aromatic heterocycles. The maximum Gasteiger partial charge on any atom is 0.214 e. The minimum Gasteiger partial charge on any atom is -0.496 e. The molecule has 0 aliphatic carbocycles. The number of sulfonamides is 1. The van der Waals surface area contributed by atoms with E-state index in [1.54, 1.807) is 13.2 Å². The molecule has 1 unspecified atom stereocenters. The van der Waals surface area contributed by atoms with Crippen LogP contribution in [0.15, 0.2) is 18.2 Å². The number of rotatable bonds is 7. The fourth-order valence-electron chi connectivity index (χ4n) is 3.89. The first-order chi connectivity index (χ1) is 12.9. The van der Waals surface area contributed by atoms with Crippen LogP contribution in [0.4, 0.5) is 0 Å². The van der Waals surface area contributed by atoms with Crippen molar-refractivity contribution in [2.45, 2.75) is 43.6 Å². The van der Waals surface area contributed by atoms with Crippen LogP contribution in [0.2, 0.25) is 5.02 Å². The van der Waals surface area contributed by atoms with E-state index >= 15 is 0 Å². The highest BCUT2D eigenvalue weighted by Crippen LogP contribution is 2.40. The van der Waals surface area contributed by atoms with Gasteiger partial charge < -0.3 is 14.2 Å². The maximum atomic E-state index is 12.7. The zero-order valence-corrected chi connectivity index (χ0v) is 17.3. The van der Waals surface area contributed by atoms with Crippen LogP contribution in [0.25, 0.3) is 0 Å². The number of hydrogen-bond acceptors (Lipinski definition) is 5. The molecular weight excluding hydrogens is 390 g/mol. The molecule has 0 spiro atoms. The van der Waals surface area contributed by atoms with Gasteiger partial charge in [0.25, 0.3) is 0 Å². The predicted octanol–water partition coefficient (Wildman–Crippen LogP) is 2.89. The van der Waals surface area contributed by atoms with Gasteiger partial charge in [0.2, 0.25) is 10.0 Å². The van der Waals surface area contributed by atoms with E-state index in [0.717, 1.165) is 30.6 Å². The van der Waals surface area contributed by atoms with E-state index in [1.165, 1.54) is 0 Å². The lowest BCUT2D eigenvalue weighted by atomic mass is 9.74. The number of ether oxygens (including phenoxy) is 3. The first-order valence-corrected chi connectivity index (χ1v) is 11.5. The fourth-order valence-corrected chi connectivity index (χ4v) is 5.43. The van der Waals surface area contributed by atoms with Crippen LogP contribution in [0.1, 0.15) is 37.7 Å². The average molecular weight is 418 g/mol. The third kappa shape index (κ3) is 5.35. The summed E-state index contributed by atoms with van der Waals surface area (Å²) >= 11 is 6.23. The van der Waals surface area contributed by atoms with E-state index in [0.29, 0.717) is 44.2 Å². The molecule has 0 saturated carbocycles. The van der Waals surface area contributed by atoms with Gasteiger partial charge in [-0.05, 0) is 50.3 Å². The third-order valence-corrected chi connectivity index (χ3v) is 7.12. The Kier molecular flexibility index (Phi) is 7.03. The SMILES string of the molecule is COc1ccc(Cl)cc1C1(CNS(=O)(=O)CC2CCCCO2)CCOCC1. The molecule has 8 heteroatoms. The lowest BCUT2D eigenvalue weighted by molar-refractivity contribution is 0.0302. The number of halogens is 1. The smallest absolute Gasteiger partial charge is 0.214 e. The molecule has 1 atom stereocenters. The zero-order chi connectivity index (χ0) is 19.3. The van der Waals surface area contributed by atoms with Crippen molar-refractivity contribution < 1.29 is 22.6 Å². The van der Waals surface area contributed by atoms with Crippen LogP contribution in [-0.4, -0.2) is 53.7 Å². The molecule has 152 valence electrons. The van der Waals surface area contributed by atoms with E-state index in [4.69, 9.17) is 25.8 Å². The first kappa shape index (κ1) is 20.9. The minimum absolute atomic E-state index is 0.00621. The molecule has 0 bridgehead atoms. The van der Waals surface area contributed by atoms with Gasteiger partial charge in [0.15, 0.2) is 0 Å². The Morgan fingerprint density at radius 1 is 1.26 bits per heavy atom. The van der Waals surface area contributed by atoms with Gasteiger partial charge in [-0.2, -0.15) is 0 Å². The second kappa shape index (κ2) is 9.09. The highest BCUT2D eigenvalue weighted by Gasteiger charge is 2.38. The quantitative estimate of drug-likeness (QED) is 0.738. The summed E-state index contributed by atoms with van der Waals surface area (Å²) in [6.07, 6.45) is 3.99. The van der Waals surface area contributed by atoms with Gasteiger partial charge >= 0.3 is 0 Å². The summed E-state index contributed by atoms with van der Waals surface area (Å²) in [6, 6.07) is 5.49. The Morgan fingerprint density at radius 3 is 2.70 bits per heavy atom. The van der Waals surface area contributed by atoms with Gasteiger partial charge in [0, 0.05) is 42.4 Å². The molecule has 6 nitrogen and oxygen atoms in total. The van der Waals surface area contributed by atoms with E-state index < -0.39 is 15.4 Å². The van der Waals surface area contributed by atoms with Gasteiger partial charge in [-0.3, -0.25) is 0 Å². The van der Waals surface area contributed by atoms with Crippen molar-refractivity contribution in [2.24, 2.45) is 0 Å². The van der Waals surface area contributed by atoms with Gasteiger partial charge in [0.1, 0.15) is 5.75 Å². The second-order valence-electron chi connectivity index (χ2n) is 7.33. The molecule has 2 aliphatic rings. The number of methoxy groups -OCH3 is 1. The molecule has 3 rings (SSSR count). The molecule has 2 saturated heterocycles. The molecule has 2 heterocycles. The fraction of sp³-hybridized carbons (Fsp3) is 0.684. The third-order valence-electron chi connectivity index (χ3n) is 5.49. The number of nitrogens with one attached hydrogen (secondary N) is 1. The highest BCUT2D eigenvalue weighted by molar-refractivity contribution is 7.89. The Balaban J connectivity index is 1.78. The monoisotopic (exact) mass is 417 g/mol. The molecule has 2 aliphatic heterocycles. The lowest BCUT2D eigenvalue weighted by Crippen LogP contribution is -2.46. The molecule has 27 heavy (non-hydrogen) atoms. The Hall–Kier alpha value is -0.860. The summed E-state index contributed by atoms with van der Waals surface area (Å²) in [5.41, 5.74) is 0.520. The standard InChI is InChI=1S/C19H28ClNO5S/c1-24-18-6-5-15(20)12-17(18)19(7-10-25-11-8-19)14-21-27(22,23)13-16-4-2-3-9-26-16/h5-6,12,16,21H,2-4,7-11,13-14H2,1H3. The Morgan fingerprint density at radius 2 is 2.04 bits per heavy atom. The molecule has 1 aromatic carbocycles. The normalized spacial score (nSPS) is 23.1. The Bertz CT molecular complexity index is 728. The first-order valence-electron chi connectivity index (χ1n) is 9.45. The topological polar surface area (TPSA) is 73.9 Å². The van der Waals surface area contributed by atoms with E-state index in [9.17, 15) is 8.42 Å². The zero-order valence-electron chi connectivity index (χ0n) is 15.7. The van der Waals surface area contributed by atoms with Gasteiger partial charge in [-0.25, -0.2) is 13.1 Å². The summed E-state index contributed by atoms with van der Waals surface area (Å²) in [6.45, 7) is 2.08. The summed E-state index contributed by atoms with van der Waals surface area (Å²) < 4.78 is 44.8. The van der Waals surface area contributed by atoms with E-state index in [2.05, 4.69) is 4.72 Å². The van der Waals surface area contributed by atoms with Crippen molar-refractivity contribution in [1.82, 2.24) is 4.72 Å². The molecular formula is C19H28ClNO5S. The van der Waals surface area contributed by atoms with Gasteiger partial charge in [0.05, 0.1) is 19.0 Å².